The maximum atomic E-state index is 15.5. The smallest absolute Gasteiger partial charge is 0.327 e. The van der Waals surface area contributed by atoms with Gasteiger partial charge in [-0.1, -0.05) is 151 Å². The van der Waals surface area contributed by atoms with Gasteiger partial charge in [-0.25, -0.2) is 4.79 Å². The zero-order chi connectivity index (χ0) is 77.0. The number of fused-ring (bicyclic) bond motifs is 1. The van der Waals surface area contributed by atoms with Crippen molar-refractivity contribution in [2.45, 2.75) is 170 Å². The first-order valence-electron chi connectivity index (χ1n) is 34.9. The van der Waals surface area contributed by atoms with E-state index in [1.54, 1.807) is 103 Å². The number of carboxylic acids is 1. The summed E-state index contributed by atoms with van der Waals surface area (Å²) in [5, 5.41) is 83.2. The molecule has 30 nitrogen and oxygen atoms in total. The number of benzene rings is 5. The summed E-state index contributed by atoms with van der Waals surface area (Å²) in [7, 11) is 1.81. The van der Waals surface area contributed by atoms with E-state index in [0.717, 1.165) is 34.1 Å². The Balaban J connectivity index is 1.32. The number of hydrogen-bond donors (Lipinski definition) is 19. The molecular weight excluding hydrogens is 1410 g/mol. The number of nitrogens with one attached hydrogen (secondary N) is 12. The second kappa shape index (κ2) is 41.7. The maximum Gasteiger partial charge on any atom is 0.327 e. The number of para-hydroxylation sites is 1. The minimum Gasteiger partial charge on any atom is -0.508 e. The van der Waals surface area contributed by atoms with Crippen LogP contribution in [-0.2, 0) is 91.4 Å². The molecule has 1 fully saturated rings. The highest BCUT2D eigenvalue weighted by Gasteiger charge is 2.39. The van der Waals surface area contributed by atoms with E-state index in [0.29, 0.717) is 58.1 Å². The molecule has 1 aromatic heterocycles. The summed E-state index contributed by atoms with van der Waals surface area (Å²) >= 11 is 0. The number of aromatic nitrogens is 1. The molecule has 13 atom stereocenters. The summed E-state index contributed by atoms with van der Waals surface area (Å²) in [5.74, 6) is -12.3. The van der Waals surface area contributed by atoms with Crippen molar-refractivity contribution in [3.05, 3.63) is 173 Å². The average molecular weight is 1500 g/mol. The van der Waals surface area contributed by atoms with Gasteiger partial charge in [0.05, 0.1) is 24.9 Å². The Morgan fingerprint density at radius 3 is 1.34 bits per heavy atom. The Kier molecular flexibility index (Phi) is 32.8. The number of aliphatic hydroxyl groups is 3. The van der Waals surface area contributed by atoms with Crippen LogP contribution in [0.25, 0.3) is 10.9 Å². The molecule has 5 aromatic carbocycles. The zero-order valence-electron chi connectivity index (χ0n) is 59.3. The molecule has 0 aliphatic carbocycles. The van der Waals surface area contributed by atoms with Crippen molar-refractivity contribution in [1.82, 2.24) is 63.5 Å². The molecule has 1 aliphatic rings. The van der Waals surface area contributed by atoms with Crippen molar-refractivity contribution in [1.29, 1.82) is 0 Å². The van der Waals surface area contributed by atoms with Crippen molar-refractivity contribution in [2.75, 3.05) is 24.7 Å². The molecule has 0 radical (unpaired) electrons. The highest BCUT2D eigenvalue weighted by molar-refractivity contribution is 8.76. The number of H-pyrrole nitrogens is 1. The third-order valence-electron chi connectivity index (χ3n) is 17.4. The van der Waals surface area contributed by atoms with Gasteiger partial charge in [-0.15, -0.1) is 0 Å². The highest BCUT2D eigenvalue weighted by atomic mass is 33.1. The quantitative estimate of drug-likeness (QED) is 0.0317. The Morgan fingerprint density at radius 2 is 0.868 bits per heavy atom. The normalized spacial score (nSPS) is 23.7. The van der Waals surface area contributed by atoms with Crippen molar-refractivity contribution in [2.24, 2.45) is 11.5 Å². The molecule has 106 heavy (non-hydrogen) atoms. The lowest BCUT2D eigenvalue weighted by Gasteiger charge is -2.29. The predicted molar refractivity (Wildman–Crippen MR) is 399 cm³/mol. The minimum atomic E-state index is -1.92. The number of hydrogen-bond acceptors (Lipinski definition) is 20. The van der Waals surface area contributed by atoms with Crippen LogP contribution in [0.2, 0.25) is 0 Å². The second-order valence-corrected chi connectivity index (χ2v) is 28.8. The van der Waals surface area contributed by atoms with Crippen LogP contribution in [0.1, 0.15) is 80.3 Å². The van der Waals surface area contributed by atoms with E-state index < -0.39 is 150 Å². The van der Waals surface area contributed by atoms with E-state index in [4.69, 9.17) is 11.5 Å². The highest BCUT2D eigenvalue weighted by Crippen LogP contribution is 2.24. The molecule has 0 spiro atoms. The lowest BCUT2D eigenvalue weighted by molar-refractivity contribution is -0.142. The monoisotopic (exact) mass is 1500 g/mol. The number of carboxylic acid groups (broad SMARTS) is 1. The Hall–Kier alpha value is -9.93. The molecule has 10 amide bonds. The van der Waals surface area contributed by atoms with Gasteiger partial charge < -0.3 is 100 Å². The van der Waals surface area contributed by atoms with Crippen LogP contribution < -0.4 is 70.0 Å². The summed E-state index contributed by atoms with van der Waals surface area (Å²) < 4.78 is 0. The van der Waals surface area contributed by atoms with Crippen LogP contribution in [0.3, 0.4) is 0 Å². The molecule has 1 saturated heterocycles. The van der Waals surface area contributed by atoms with Crippen molar-refractivity contribution in [3.63, 3.8) is 0 Å². The Bertz CT molecular complexity index is 3930. The molecule has 1 aliphatic heterocycles. The summed E-state index contributed by atoms with van der Waals surface area (Å²) in [6, 6.07) is 19.0. The van der Waals surface area contributed by atoms with Crippen LogP contribution in [0.15, 0.2) is 140 Å². The number of rotatable bonds is 21. The van der Waals surface area contributed by atoms with Gasteiger partial charge in [0.25, 0.3) is 0 Å². The number of aromatic amines is 1. The minimum absolute atomic E-state index is 0.00900. The SMILES string of the molecule is CC(C)NCc1ccc(CC2NC(=O)C(Cc3c[nH]c4ccccc34)NC(=O)[C@H](Cc3ccc(O)cc3)NC(=O)C(Cc3ccccc3)NC(=O)[C@H](CCCCN)NC(=O)[C@@H](N)CSSC[C@@H](C(=O)O)NC(=O)[C@H](CO)NC(=O)C([C@@H](C)O)NC(=O)[C@H](Cc3ccccc3)NC(=O)C([C@@H](C)O)NC2=O)cc1. The van der Waals surface area contributed by atoms with E-state index in [9.17, 15) is 59.1 Å². The first-order valence-corrected chi connectivity index (χ1v) is 37.3. The summed E-state index contributed by atoms with van der Waals surface area (Å²) in [5.41, 5.74) is 16.2. The number of nitrogens with two attached hydrogens (primary N) is 2. The van der Waals surface area contributed by atoms with E-state index >= 15 is 19.2 Å². The third-order valence-corrected chi connectivity index (χ3v) is 19.9. The lowest BCUT2D eigenvalue weighted by Crippen LogP contribution is -2.63. The molecule has 2 heterocycles. The first-order chi connectivity index (χ1) is 50.7. The van der Waals surface area contributed by atoms with Crippen LogP contribution in [0.5, 0.6) is 5.75 Å². The molecule has 7 rings (SSSR count). The number of phenolic OH excluding ortho intramolecular Hbond substituents is 1. The number of unbranched alkanes of at least 4 members (excludes halogenated alkanes) is 1. The van der Waals surface area contributed by atoms with Crippen LogP contribution in [-0.4, -0.2) is 205 Å². The number of carbonyl (C=O) groups excluding carboxylic acids is 10. The van der Waals surface area contributed by atoms with Gasteiger partial charge in [0, 0.05) is 73.3 Å². The van der Waals surface area contributed by atoms with Gasteiger partial charge in [-0.05, 0) is 91.2 Å². The molecule has 5 unspecified atom stereocenters. The summed E-state index contributed by atoms with van der Waals surface area (Å²) in [6.45, 7) is 5.85. The van der Waals surface area contributed by atoms with Crippen molar-refractivity contribution in [3.8, 4) is 5.75 Å². The Labute approximate surface area is 621 Å². The number of phenols is 1. The fourth-order valence-electron chi connectivity index (χ4n) is 11.4. The van der Waals surface area contributed by atoms with Gasteiger partial charge >= 0.3 is 5.97 Å². The molecule has 570 valence electrons. The number of carbonyl (C=O) groups is 11. The third kappa shape index (κ3) is 26.0. The largest absolute Gasteiger partial charge is 0.508 e. The maximum absolute atomic E-state index is 15.5. The van der Waals surface area contributed by atoms with Gasteiger partial charge in [-0.2, -0.15) is 0 Å². The van der Waals surface area contributed by atoms with Crippen LogP contribution >= 0.6 is 21.6 Å². The standard InChI is InChI=1S/C74H96N14O16S2/c1-41(2)77-36-48-24-22-46(23-25-48)33-57-69(98)87-62(42(3)90)72(101)84-58(32-45-17-9-6-10-18-45)70(99)88-63(43(4)91)73(102)85-60(38-89)71(100)86-61(74(103)104)40-106-105-39-52(76)64(93)79-54(21-13-14-30-75)65(94)80-55(31-44-15-7-5-8-16-44)66(95)81-56(34-47-26-28-50(92)29-27-47)67(96)83-59(68(97)82-57)35-49-37-78-53-20-12-11-19-51(49)53/h5-12,15-20,22-29,37,41-43,52,54-63,77-78,89-92H,13-14,21,30-36,38-40,75-76H2,1-4H3,(H,79,93)(H,80,94)(H,81,95)(H,82,97)(H,83,96)(H,84,101)(H,85,102)(H,86,100)(H,87,98)(H,88,99)(H,103,104)/t42-,43-,52+,54+,55?,56+,57?,58+,59?,60+,61+,62?,63?/m1/s1. The van der Waals surface area contributed by atoms with Gasteiger partial charge in [0.2, 0.25) is 59.1 Å². The van der Waals surface area contributed by atoms with E-state index in [2.05, 4.69) is 63.5 Å². The van der Waals surface area contributed by atoms with Crippen molar-refractivity contribution < 1.29 is 78.3 Å². The molecule has 0 bridgehead atoms. The second-order valence-electron chi connectivity index (χ2n) is 26.3. The zero-order valence-corrected chi connectivity index (χ0v) is 60.9. The fourth-order valence-corrected chi connectivity index (χ4v) is 13.7. The van der Waals surface area contributed by atoms with Crippen molar-refractivity contribution >= 4 is 97.5 Å². The number of aliphatic carboxylic acids is 1. The summed E-state index contributed by atoms with van der Waals surface area (Å²) in [6.07, 6.45) is -2.33. The Morgan fingerprint density at radius 1 is 0.472 bits per heavy atom. The predicted octanol–water partition coefficient (Wildman–Crippen LogP) is -0.577. The summed E-state index contributed by atoms with van der Waals surface area (Å²) in [4.78, 5) is 163. The number of amides is 10. The number of aromatic hydroxyl groups is 1. The topological polar surface area (TPSA) is 489 Å². The van der Waals surface area contributed by atoms with Crippen LogP contribution in [0, 0.1) is 0 Å². The lowest BCUT2D eigenvalue weighted by atomic mass is 9.99. The van der Waals surface area contributed by atoms with E-state index in [-0.39, 0.29) is 68.4 Å². The molecule has 6 aromatic rings. The van der Waals surface area contributed by atoms with E-state index in [1.807, 2.05) is 26.0 Å². The van der Waals surface area contributed by atoms with Gasteiger partial charge in [0.1, 0.15) is 66.2 Å². The van der Waals surface area contributed by atoms with Crippen LogP contribution in [0.4, 0.5) is 0 Å². The van der Waals surface area contributed by atoms with E-state index in [1.165, 1.54) is 31.2 Å². The first kappa shape index (κ1) is 83.3. The van der Waals surface area contributed by atoms with Gasteiger partial charge in [0.15, 0.2) is 0 Å². The molecule has 32 heteroatoms. The molecule has 0 saturated carbocycles. The molecular formula is C74H96N14O16S2. The fraction of sp³-hybridized carbons (Fsp3) is 0.419. The average Bonchev–Trinajstić information content (AvgIpc) is 1.65. The van der Waals surface area contributed by atoms with Gasteiger partial charge in [-0.3, -0.25) is 47.9 Å². The molecule has 21 N–H and O–H groups in total. The number of aliphatic hydroxyl groups excluding tert-OH is 3.